The van der Waals surface area contributed by atoms with Gasteiger partial charge in [0, 0.05) is 11.5 Å². The van der Waals surface area contributed by atoms with Crippen LogP contribution in [0.3, 0.4) is 0 Å². The quantitative estimate of drug-likeness (QED) is 0.441. The second-order valence-electron chi connectivity index (χ2n) is 5.96. The lowest BCUT2D eigenvalue weighted by molar-refractivity contribution is -0.170. The summed E-state index contributed by atoms with van der Waals surface area (Å²) in [6.45, 7) is 10.6. The average Bonchev–Trinajstić information content (AvgIpc) is 2.35. The molecule has 0 aromatic carbocycles. The van der Waals surface area contributed by atoms with Crippen LogP contribution >= 0.6 is 0 Å². The second-order valence-corrected chi connectivity index (χ2v) is 5.96. The lowest BCUT2D eigenvalue weighted by atomic mass is 9.79. The lowest BCUT2D eigenvalue weighted by Gasteiger charge is -2.35. The van der Waals surface area contributed by atoms with E-state index in [1.807, 2.05) is 13.8 Å². The van der Waals surface area contributed by atoms with E-state index < -0.39 is 17.5 Å². The fourth-order valence-electron chi connectivity index (χ4n) is 2.25. The van der Waals surface area contributed by atoms with E-state index in [1.165, 1.54) is 12.5 Å². The molecule has 0 aliphatic heterocycles. The summed E-state index contributed by atoms with van der Waals surface area (Å²) in [5.41, 5.74) is 1.10. The minimum Gasteiger partial charge on any atom is -0.457 e. The second kappa shape index (κ2) is 6.73. The number of esters is 2. The maximum absolute atomic E-state index is 11.7. The number of ether oxygens (including phenoxy) is 2. The van der Waals surface area contributed by atoms with Gasteiger partial charge in [-0.05, 0) is 47.0 Å². The van der Waals surface area contributed by atoms with Crippen LogP contribution in [-0.2, 0) is 19.1 Å². The third-order valence-corrected chi connectivity index (χ3v) is 3.67. The van der Waals surface area contributed by atoms with Crippen molar-refractivity contribution in [1.82, 2.24) is 0 Å². The molecule has 0 heterocycles. The van der Waals surface area contributed by atoms with Gasteiger partial charge in [-0.15, -0.1) is 0 Å². The first kappa shape index (κ1) is 16.5. The van der Waals surface area contributed by atoms with Gasteiger partial charge in [0.15, 0.2) is 6.61 Å². The Kier molecular flexibility index (Phi) is 5.54. The van der Waals surface area contributed by atoms with Gasteiger partial charge in [0.25, 0.3) is 0 Å². The predicted molar refractivity (Wildman–Crippen MR) is 77.0 cm³/mol. The Morgan fingerprint density at radius 1 is 1.45 bits per heavy atom. The van der Waals surface area contributed by atoms with E-state index in [0.717, 1.165) is 19.3 Å². The normalized spacial score (nSPS) is 19.0. The molecule has 0 saturated carbocycles. The molecule has 0 aromatic heterocycles. The summed E-state index contributed by atoms with van der Waals surface area (Å²) in [6.07, 6.45) is 5.16. The largest absolute Gasteiger partial charge is 0.457 e. The number of rotatable bonds is 5. The first-order chi connectivity index (χ1) is 9.22. The minimum absolute atomic E-state index is 0.268. The highest BCUT2D eigenvalue weighted by Gasteiger charge is 2.33. The molecule has 1 aliphatic carbocycles. The highest BCUT2D eigenvalue weighted by Crippen LogP contribution is 2.34. The monoisotopic (exact) mass is 280 g/mol. The van der Waals surface area contributed by atoms with Gasteiger partial charge in [0.1, 0.15) is 5.60 Å². The van der Waals surface area contributed by atoms with E-state index in [4.69, 9.17) is 9.47 Å². The molecule has 0 amide bonds. The van der Waals surface area contributed by atoms with Gasteiger partial charge in [0.2, 0.25) is 0 Å². The van der Waals surface area contributed by atoms with Crippen LogP contribution < -0.4 is 0 Å². The van der Waals surface area contributed by atoms with Crippen LogP contribution in [0, 0.1) is 5.92 Å². The Bertz CT molecular complexity index is 432. The van der Waals surface area contributed by atoms with Crippen molar-refractivity contribution in [2.75, 3.05) is 6.61 Å². The van der Waals surface area contributed by atoms with Crippen LogP contribution in [0.5, 0.6) is 0 Å². The zero-order chi connectivity index (χ0) is 15.3. The van der Waals surface area contributed by atoms with Gasteiger partial charge < -0.3 is 9.47 Å². The van der Waals surface area contributed by atoms with Crippen LogP contribution in [0.2, 0.25) is 0 Å². The Morgan fingerprint density at radius 2 is 2.10 bits per heavy atom. The zero-order valence-electron chi connectivity index (χ0n) is 12.8. The number of allylic oxidation sites excluding steroid dienone is 2. The summed E-state index contributed by atoms with van der Waals surface area (Å²) in [5.74, 6) is -0.793. The molecule has 0 radical (unpaired) electrons. The maximum atomic E-state index is 11.7. The molecular formula is C16H24O4. The first-order valence-electron chi connectivity index (χ1n) is 6.92. The number of hydrogen-bond donors (Lipinski definition) is 0. The third kappa shape index (κ3) is 4.83. The fraction of sp³-hybridized carbons (Fsp3) is 0.625. The van der Waals surface area contributed by atoms with Crippen LogP contribution in [0.25, 0.3) is 0 Å². The average molecular weight is 280 g/mol. The molecule has 0 aromatic rings. The molecule has 0 spiro atoms. The highest BCUT2D eigenvalue weighted by molar-refractivity contribution is 5.88. The van der Waals surface area contributed by atoms with Gasteiger partial charge in [-0.1, -0.05) is 18.2 Å². The van der Waals surface area contributed by atoms with Crippen molar-refractivity contribution in [3.63, 3.8) is 0 Å². The zero-order valence-corrected chi connectivity index (χ0v) is 12.8. The van der Waals surface area contributed by atoms with Crippen molar-refractivity contribution in [2.45, 2.75) is 52.6 Å². The van der Waals surface area contributed by atoms with E-state index in [-0.39, 0.29) is 12.2 Å². The Labute approximate surface area is 120 Å². The van der Waals surface area contributed by atoms with E-state index >= 15 is 0 Å². The molecule has 1 rings (SSSR count). The standard InChI is InChI=1S/C16H24O4/c1-11(2)15(18)19-10-14(17)20-16(4,5)13-8-6-12(3)7-9-13/h6,13H,1,7-10H2,2-5H3. The molecular weight excluding hydrogens is 256 g/mol. The molecule has 0 saturated heterocycles. The SMILES string of the molecule is C=C(C)C(=O)OCC(=O)OC(C)(C)C1CC=C(C)CC1. The fourth-order valence-corrected chi connectivity index (χ4v) is 2.25. The third-order valence-electron chi connectivity index (χ3n) is 3.67. The highest BCUT2D eigenvalue weighted by atomic mass is 16.6. The molecule has 1 unspecified atom stereocenters. The molecule has 1 atom stereocenters. The van der Waals surface area contributed by atoms with Crippen molar-refractivity contribution in [3.05, 3.63) is 23.8 Å². The summed E-state index contributed by atoms with van der Waals surface area (Å²) in [7, 11) is 0. The number of hydrogen-bond acceptors (Lipinski definition) is 4. The van der Waals surface area contributed by atoms with Crippen LogP contribution in [0.4, 0.5) is 0 Å². The first-order valence-corrected chi connectivity index (χ1v) is 6.92. The van der Waals surface area contributed by atoms with Gasteiger partial charge >= 0.3 is 11.9 Å². The smallest absolute Gasteiger partial charge is 0.344 e. The van der Waals surface area contributed by atoms with Crippen molar-refractivity contribution in [3.8, 4) is 0 Å². The maximum Gasteiger partial charge on any atom is 0.344 e. The van der Waals surface area contributed by atoms with E-state index in [0.29, 0.717) is 5.92 Å². The van der Waals surface area contributed by atoms with Gasteiger partial charge in [-0.3, -0.25) is 0 Å². The molecule has 0 N–H and O–H groups in total. The van der Waals surface area contributed by atoms with E-state index in [2.05, 4.69) is 19.6 Å². The molecule has 4 nitrogen and oxygen atoms in total. The van der Waals surface area contributed by atoms with Crippen molar-refractivity contribution < 1.29 is 19.1 Å². The van der Waals surface area contributed by atoms with Crippen molar-refractivity contribution in [2.24, 2.45) is 5.92 Å². The lowest BCUT2D eigenvalue weighted by Crippen LogP contribution is -2.38. The van der Waals surface area contributed by atoms with E-state index in [1.54, 1.807) is 0 Å². The molecule has 0 fully saturated rings. The van der Waals surface area contributed by atoms with Crippen molar-refractivity contribution in [1.29, 1.82) is 0 Å². The summed E-state index contributed by atoms with van der Waals surface area (Å²) < 4.78 is 10.3. The number of carbonyl (C=O) groups is 2. The van der Waals surface area contributed by atoms with Gasteiger partial charge in [0.05, 0.1) is 0 Å². The topological polar surface area (TPSA) is 52.6 Å². The van der Waals surface area contributed by atoms with Gasteiger partial charge in [-0.25, -0.2) is 9.59 Å². The summed E-state index contributed by atoms with van der Waals surface area (Å²) in [4.78, 5) is 23.0. The Morgan fingerprint density at radius 3 is 2.60 bits per heavy atom. The van der Waals surface area contributed by atoms with Crippen molar-refractivity contribution >= 4 is 11.9 Å². The minimum atomic E-state index is -0.573. The predicted octanol–water partition coefficient (Wildman–Crippen LogP) is 3.17. The van der Waals surface area contributed by atoms with Crippen LogP contribution in [-0.4, -0.2) is 24.1 Å². The molecule has 0 bridgehead atoms. The summed E-state index contributed by atoms with van der Waals surface area (Å²) in [6, 6.07) is 0. The molecule has 20 heavy (non-hydrogen) atoms. The van der Waals surface area contributed by atoms with Crippen LogP contribution in [0.15, 0.2) is 23.8 Å². The summed E-state index contributed by atoms with van der Waals surface area (Å²) in [5, 5.41) is 0. The summed E-state index contributed by atoms with van der Waals surface area (Å²) >= 11 is 0. The number of carbonyl (C=O) groups excluding carboxylic acids is 2. The Balaban J connectivity index is 2.47. The molecule has 4 heteroatoms. The van der Waals surface area contributed by atoms with E-state index in [9.17, 15) is 9.59 Å². The molecule has 1 aliphatic rings. The Hall–Kier alpha value is -1.58. The van der Waals surface area contributed by atoms with Gasteiger partial charge in [-0.2, -0.15) is 0 Å². The van der Waals surface area contributed by atoms with Crippen LogP contribution in [0.1, 0.15) is 47.0 Å². The molecule has 112 valence electrons.